The van der Waals surface area contributed by atoms with Gasteiger partial charge in [-0.05, 0) is 31.0 Å². The Bertz CT molecular complexity index is 314. The highest BCUT2D eigenvalue weighted by atomic mass is 35.5. The van der Waals surface area contributed by atoms with E-state index in [9.17, 15) is 0 Å². The molecule has 0 amide bonds. The fraction of sp³-hybridized carbons (Fsp3) is 0.500. The van der Waals surface area contributed by atoms with Crippen molar-refractivity contribution < 1.29 is 4.74 Å². The largest absolute Gasteiger partial charge is 0.492 e. The second kappa shape index (κ2) is 5.99. The molecule has 0 radical (unpaired) electrons. The number of benzene rings is 1. The molecule has 0 saturated carbocycles. The van der Waals surface area contributed by atoms with Crippen LogP contribution in [0.1, 0.15) is 38.3 Å². The van der Waals surface area contributed by atoms with Gasteiger partial charge in [0.25, 0.3) is 0 Å². The Morgan fingerprint density at radius 2 is 2.13 bits per heavy atom. The summed E-state index contributed by atoms with van der Waals surface area (Å²) in [5.41, 5.74) is 7.07. The summed E-state index contributed by atoms with van der Waals surface area (Å²) in [5.74, 6) is 0.728. The van der Waals surface area contributed by atoms with Gasteiger partial charge in [-0.15, -0.1) is 0 Å². The maximum absolute atomic E-state index is 6.07. The summed E-state index contributed by atoms with van der Waals surface area (Å²) >= 11 is 6.07. The molecule has 0 heterocycles. The fourth-order valence-electron chi connectivity index (χ4n) is 1.50. The van der Waals surface area contributed by atoms with Gasteiger partial charge in [-0.2, -0.15) is 0 Å². The zero-order valence-corrected chi connectivity index (χ0v) is 10.1. The molecule has 84 valence electrons. The van der Waals surface area contributed by atoms with Crippen molar-refractivity contribution in [3.8, 4) is 5.75 Å². The van der Waals surface area contributed by atoms with Crippen molar-refractivity contribution in [3.05, 3.63) is 28.8 Å². The summed E-state index contributed by atoms with van der Waals surface area (Å²) in [7, 11) is 0. The third-order valence-electron chi connectivity index (χ3n) is 2.28. The number of hydrogen-bond acceptors (Lipinski definition) is 2. The molecule has 0 aliphatic carbocycles. The van der Waals surface area contributed by atoms with E-state index in [0.29, 0.717) is 11.6 Å². The van der Waals surface area contributed by atoms with Crippen LogP contribution in [0.2, 0.25) is 5.02 Å². The Kier molecular flexibility index (Phi) is 4.92. The van der Waals surface area contributed by atoms with Crippen LogP contribution >= 0.6 is 11.6 Å². The van der Waals surface area contributed by atoms with Gasteiger partial charge < -0.3 is 10.5 Å². The fourth-order valence-corrected chi connectivity index (χ4v) is 1.74. The first-order valence-corrected chi connectivity index (χ1v) is 5.74. The Labute approximate surface area is 96.4 Å². The van der Waals surface area contributed by atoms with E-state index in [-0.39, 0.29) is 6.04 Å². The Morgan fingerprint density at radius 1 is 1.40 bits per heavy atom. The molecular formula is C12H18ClNO. The van der Waals surface area contributed by atoms with E-state index in [0.717, 1.165) is 24.2 Å². The monoisotopic (exact) mass is 227 g/mol. The molecule has 2 N–H and O–H groups in total. The Balaban J connectivity index is 2.81. The standard InChI is InChI=1S/C12H18ClNO/c1-3-5-11(14)9-6-7-12(15-4-2)10(13)8-9/h6-8,11H,3-5,14H2,1-2H3/t11-/m1/s1. The molecule has 1 rings (SSSR count). The van der Waals surface area contributed by atoms with Crippen LogP contribution < -0.4 is 10.5 Å². The molecule has 0 unspecified atom stereocenters. The highest BCUT2D eigenvalue weighted by Crippen LogP contribution is 2.28. The van der Waals surface area contributed by atoms with Crippen LogP contribution in [0.3, 0.4) is 0 Å². The van der Waals surface area contributed by atoms with E-state index in [2.05, 4.69) is 6.92 Å². The van der Waals surface area contributed by atoms with Gasteiger partial charge in [-0.25, -0.2) is 0 Å². The van der Waals surface area contributed by atoms with Gasteiger partial charge in [0.1, 0.15) is 5.75 Å². The molecule has 0 aliphatic rings. The first-order chi connectivity index (χ1) is 7.19. The maximum atomic E-state index is 6.07. The molecule has 3 heteroatoms. The first-order valence-electron chi connectivity index (χ1n) is 5.36. The van der Waals surface area contributed by atoms with Crippen molar-refractivity contribution in [2.75, 3.05) is 6.61 Å². The minimum absolute atomic E-state index is 0.0724. The summed E-state index contributed by atoms with van der Waals surface area (Å²) in [6.07, 6.45) is 2.05. The van der Waals surface area contributed by atoms with Gasteiger partial charge >= 0.3 is 0 Å². The van der Waals surface area contributed by atoms with Gasteiger partial charge in [0, 0.05) is 6.04 Å². The third kappa shape index (κ3) is 3.40. The third-order valence-corrected chi connectivity index (χ3v) is 2.58. The molecule has 1 atom stereocenters. The maximum Gasteiger partial charge on any atom is 0.137 e. The lowest BCUT2D eigenvalue weighted by atomic mass is 10.0. The summed E-state index contributed by atoms with van der Waals surface area (Å²) < 4.78 is 5.36. The molecule has 1 aromatic rings. The van der Waals surface area contributed by atoms with Gasteiger partial charge in [0.05, 0.1) is 11.6 Å². The van der Waals surface area contributed by atoms with Crippen LogP contribution in [0.4, 0.5) is 0 Å². The Hall–Kier alpha value is -0.730. The van der Waals surface area contributed by atoms with Crippen LogP contribution in [-0.2, 0) is 0 Å². The minimum atomic E-state index is 0.0724. The van der Waals surface area contributed by atoms with Crippen LogP contribution in [0.25, 0.3) is 0 Å². The highest BCUT2D eigenvalue weighted by Gasteiger charge is 2.08. The minimum Gasteiger partial charge on any atom is -0.492 e. The zero-order valence-electron chi connectivity index (χ0n) is 9.29. The van der Waals surface area contributed by atoms with Crippen molar-refractivity contribution in [3.63, 3.8) is 0 Å². The lowest BCUT2D eigenvalue weighted by Gasteiger charge is -2.13. The number of halogens is 1. The predicted molar refractivity (Wildman–Crippen MR) is 64.5 cm³/mol. The Morgan fingerprint density at radius 3 is 2.67 bits per heavy atom. The smallest absolute Gasteiger partial charge is 0.137 e. The molecule has 1 aromatic carbocycles. The van der Waals surface area contributed by atoms with E-state index < -0.39 is 0 Å². The van der Waals surface area contributed by atoms with Crippen molar-refractivity contribution in [2.45, 2.75) is 32.7 Å². The average molecular weight is 228 g/mol. The van der Waals surface area contributed by atoms with Gasteiger partial charge in [0.15, 0.2) is 0 Å². The molecule has 0 fully saturated rings. The predicted octanol–water partition coefficient (Wildman–Crippen LogP) is 3.54. The van der Waals surface area contributed by atoms with E-state index >= 15 is 0 Å². The van der Waals surface area contributed by atoms with Gasteiger partial charge in [-0.1, -0.05) is 31.0 Å². The molecular weight excluding hydrogens is 210 g/mol. The summed E-state index contributed by atoms with van der Waals surface area (Å²) in [4.78, 5) is 0. The van der Waals surface area contributed by atoms with Crippen LogP contribution in [0, 0.1) is 0 Å². The van der Waals surface area contributed by atoms with Crippen molar-refractivity contribution in [2.24, 2.45) is 5.73 Å². The molecule has 0 spiro atoms. The number of hydrogen-bond donors (Lipinski definition) is 1. The summed E-state index contributed by atoms with van der Waals surface area (Å²) in [6, 6.07) is 5.84. The van der Waals surface area contributed by atoms with Crippen LogP contribution in [-0.4, -0.2) is 6.61 Å². The van der Waals surface area contributed by atoms with Crippen LogP contribution in [0.15, 0.2) is 18.2 Å². The van der Waals surface area contributed by atoms with Gasteiger partial charge in [-0.3, -0.25) is 0 Å². The van der Waals surface area contributed by atoms with Crippen molar-refractivity contribution in [1.82, 2.24) is 0 Å². The van der Waals surface area contributed by atoms with E-state index in [4.69, 9.17) is 22.1 Å². The quantitative estimate of drug-likeness (QED) is 0.835. The van der Waals surface area contributed by atoms with Gasteiger partial charge in [0.2, 0.25) is 0 Å². The highest BCUT2D eigenvalue weighted by molar-refractivity contribution is 6.32. The van der Waals surface area contributed by atoms with Crippen LogP contribution in [0.5, 0.6) is 5.75 Å². The summed E-state index contributed by atoms with van der Waals surface area (Å²) in [6.45, 7) is 4.68. The van der Waals surface area contributed by atoms with E-state index in [1.54, 1.807) is 0 Å². The number of ether oxygens (including phenoxy) is 1. The number of nitrogens with two attached hydrogens (primary N) is 1. The number of rotatable bonds is 5. The molecule has 2 nitrogen and oxygen atoms in total. The molecule has 0 saturated heterocycles. The zero-order chi connectivity index (χ0) is 11.3. The molecule has 0 bridgehead atoms. The molecule has 0 aliphatic heterocycles. The second-order valence-electron chi connectivity index (χ2n) is 3.52. The first kappa shape index (κ1) is 12.3. The lowest BCUT2D eigenvalue weighted by Crippen LogP contribution is -2.09. The molecule has 15 heavy (non-hydrogen) atoms. The lowest BCUT2D eigenvalue weighted by molar-refractivity contribution is 0.340. The normalized spacial score (nSPS) is 12.5. The average Bonchev–Trinajstić information content (AvgIpc) is 2.21. The molecule has 0 aromatic heterocycles. The SMILES string of the molecule is CCC[C@@H](N)c1ccc(OCC)c(Cl)c1. The van der Waals surface area contributed by atoms with E-state index in [1.165, 1.54) is 0 Å². The topological polar surface area (TPSA) is 35.2 Å². The summed E-state index contributed by atoms with van der Waals surface area (Å²) in [5, 5.41) is 0.640. The van der Waals surface area contributed by atoms with E-state index in [1.807, 2.05) is 25.1 Å². The second-order valence-corrected chi connectivity index (χ2v) is 3.93. The van der Waals surface area contributed by atoms with Crippen molar-refractivity contribution in [1.29, 1.82) is 0 Å². The van der Waals surface area contributed by atoms with Crippen molar-refractivity contribution >= 4 is 11.6 Å².